The summed E-state index contributed by atoms with van der Waals surface area (Å²) in [5.74, 6) is -1.52. The van der Waals surface area contributed by atoms with E-state index in [0.717, 1.165) is 59.8 Å². The number of amides is 2. The van der Waals surface area contributed by atoms with E-state index in [2.05, 4.69) is 5.32 Å². The second kappa shape index (κ2) is 15.1. The summed E-state index contributed by atoms with van der Waals surface area (Å²) < 4.78 is 42.7. The van der Waals surface area contributed by atoms with Crippen LogP contribution < -0.4 is 9.62 Å². The molecule has 11 heteroatoms. The van der Waals surface area contributed by atoms with Crippen molar-refractivity contribution in [2.24, 2.45) is 0 Å². The first-order valence-electron chi connectivity index (χ1n) is 15.0. The van der Waals surface area contributed by atoms with Gasteiger partial charge in [-0.25, -0.2) is 12.8 Å². The van der Waals surface area contributed by atoms with E-state index < -0.39 is 34.3 Å². The molecule has 240 valence electrons. The predicted molar refractivity (Wildman–Crippen MR) is 179 cm³/mol. The van der Waals surface area contributed by atoms with E-state index in [1.807, 2.05) is 30.3 Å². The molecule has 0 radical (unpaired) electrons. The Kier molecular flexibility index (Phi) is 11.0. The second-order valence-electron chi connectivity index (χ2n) is 11.3. The summed E-state index contributed by atoms with van der Waals surface area (Å²) in [6.45, 7) is -0.655. The summed E-state index contributed by atoms with van der Waals surface area (Å²) >= 11 is 12.5. The van der Waals surface area contributed by atoms with E-state index in [1.165, 1.54) is 4.90 Å². The molecule has 0 aromatic heterocycles. The maximum Gasteiger partial charge on any atom is 0.264 e. The molecule has 1 saturated carbocycles. The molecule has 1 fully saturated rings. The number of hydrogen-bond acceptors (Lipinski definition) is 4. The monoisotopic (exact) mass is 681 g/mol. The normalized spacial score (nSPS) is 14.1. The van der Waals surface area contributed by atoms with E-state index in [9.17, 15) is 22.4 Å². The van der Waals surface area contributed by atoms with Crippen LogP contribution in [0.1, 0.15) is 36.8 Å². The fraction of sp³-hybridized carbons (Fsp3) is 0.257. The molecule has 5 rings (SSSR count). The number of sulfonamides is 1. The first-order chi connectivity index (χ1) is 22.1. The van der Waals surface area contributed by atoms with Gasteiger partial charge in [-0.05, 0) is 72.5 Å². The van der Waals surface area contributed by atoms with Crippen LogP contribution in [-0.2, 0) is 32.6 Å². The van der Waals surface area contributed by atoms with Crippen LogP contribution in [0.4, 0.5) is 10.1 Å². The van der Waals surface area contributed by atoms with Gasteiger partial charge in [0.05, 0.1) is 20.6 Å². The minimum atomic E-state index is -4.33. The number of rotatable bonds is 12. The molecular formula is C35H34Cl2FN3O4S. The average molecular weight is 683 g/mol. The lowest BCUT2D eigenvalue weighted by Gasteiger charge is -2.34. The third kappa shape index (κ3) is 8.26. The molecule has 2 amide bonds. The topological polar surface area (TPSA) is 86.8 Å². The van der Waals surface area contributed by atoms with Crippen molar-refractivity contribution >= 4 is 50.7 Å². The van der Waals surface area contributed by atoms with Gasteiger partial charge in [-0.15, -0.1) is 0 Å². The number of nitrogens with zero attached hydrogens (tertiary/aromatic N) is 2. The number of hydrogen-bond donors (Lipinski definition) is 1. The molecule has 0 saturated heterocycles. The Morgan fingerprint density at radius 2 is 1.46 bits per heavy atom. The van der Waals surface area contributed by atoms with Crippen molar-refractivity contribution in [3.63, 3.8) is 0 Å². The van der Waals surface area contributed by atoms with Crippen LogP contribution in [0.2, 0.25) is 10.0 Å². The first kappa shape index (κ1) is 33.4. The summed E-state index contributed by atoms with van der Waals surface area (Å²) in [7, 11) is -4.33. The maximum absolute atomic E-state index is 14.5. The van der Waals surface area contributed by atoms with Gasteiger partial charge in [-0.3, -0.25) is 13.9 Å². The zero-order valence-electron chi connectivity index (χ0n) is 25.0. The Bertz CT molecular complexity index is 1750. The lowest BCUT2D eigenvalue weighted by Crippen LogP contribution is -2.54. The van der Waals surface area contributed by atoms with Crippen molar-refractivity contribution in [2.45, 2.75) is 55.6 Å². The second-order valence-corrected chi connectivity index (χ2v) is 13.9. The van der Waals surface area contributed by atoms with Crippen molar-refractivity contribution in [3.8, 4) is 0 Å². The minimum absolute atomic E-state index is 0.00706. The summed E-state index contributed by atoms with van der Waals surface area (Å²) in [6, 6.07) is 26.0. The highest BCUT2D eigenvalue weighted by Crippen LogP contribution is 2.27. The van der Waals surface area contributed by atoms with E-state index in [-0.39, 0.29) is 40.5 Å². The van der Waals surface area contributed by atoms with Crippen LogP contribution in [0.25, 0.3) is 0 Å². The van der Waals surface area contributed by atoms with E-state index in [1.54, 1.807) is 48.5 Å². The minimum Gasteiger partial charge on any atom is -0.352 e. The van der Waals surface area contributed by atoms with Gasteiger partial charge >= 0.3 is 0 Å². The van der Waals surface area contributed by atoms with Crippen molar-refractivity contribution in [3.05, 3.63) is 130 Å². The van der Waals surface area contributed by atoms with Gasteiger partial charge in [0.15, 0.2) is 0 Å². The zero-order chi connectivity index (χ0) is 32.7. The lowest BCUT2D eigenvalue weighted by atomic mass is 10.0. The fourth-order valence-corrected chi connectivity index (χ4v) is 7.35. The Balaban J connectivity index is 1.56. The predicted octanol–water partition coefficient (Wildman–Crippen LogP) is 7.03. The Morgan fingerprint density at radius 3 is 2.09 bits per heavy atom. The Hall–Kier alpha value is -3.92. The highest BCUT2D eigenvalue weighted by atomic mass is 35.5. The molecule has 0 heterocycles. The van der Waals surface area contributed by atoms with Gasteiger partial charge in [-0.2, -0.15) is 0 Å². The molecule has 1 aliphatic rings. The van der Waals surface area contributed by atoms with Crippen LogP contribution in [0.5, 0.6) is 0 Å². The number of nitrogens with one attached hydrogen (secondary N) is 1. The van der Waals surface area contributed by atoms with Crippen LogP contribution in [0.3, 0.4) is 0 Å². The van der Waals surface area contributed by atoms with Gasteiger partial charge in [0, 0.05) is 19.0 Å². The number of anilines is 1. The molecule has 46 heavy (non-hydrogen) atoms. The van der Waals surface area contributed by atoms with Crippen LogP contribution in [-0.4, -0.2) is 43.8 Å². The molecule has 0 aliphatic heterocycles. The van der Waals surface area contributed by atoms with Gasteiger partial charge in [0.1, 0.15) is 18.4 Å². The van der Waals surface area contributed by atoms with Gasteiger partial charge in [-0.1, -0.05) is 90.6 Å². The van der Waals surface area contributed by atoms with E-state index in [4.69, 9.17) is 23.2 Å². The quantitative estimate of drug-likeness (QED) is 0.174. The third-order valence-corrected chi connectivity index (χ3v) is 10.6. The molecule has 1 aliphatic carbocycles. The van der Waals surface area contributed by atoms with Crippen LogP contribution in [0.15, 0.2) is 108 Å². The fourth-order valence-electron chi connectivity index (χ4n) is 5.61. The first-order valence-corrected chi connectivity index (χ1v) is 17.2. The smallest absolute Gasteiger partial charge is 0.264 e. The summed E-state index contributed by atoms with van der Waals surface area (Å²) in [6.07, 6.45) is 3.91. The Labute approximate surface area is 279 Å². The van der Waals surface area contributed by atoms with Crippen molar-refractivity contribution in [2.75, 3.05) is 10.8 Å². The molecule has 0 bridgehead atoms. The van der Waals surface area contributed by atoms with Gasteiger partial charge in [0.25, 0.3) is 10.0 Å². The van der Waals surface area contributed by atoms with Crippen LogP contribution in [0, 0.1) is 5.82 Å². The van der Waals surface area contributed by atoms with Crippen molar-refractivity contribution in [1.82, 2.24) is 10.2 Å². The molecule has 1 N–H and O–H groups in total. The molecule has 1 unspecified atom stereocenters. The zero-order valence-corrected chi connectivity index (χ0v) is 27.3. The molecule has 1 atom stereocenters. The number of halogens is 3. The average Bonchev–Trinajstić information content (AvgIpc) is 3.57. The summed E-state index contributed by atoms with van der Waals surface area (Å²) in [4.78, 5) is 29.8. The standard InChI is InChI=1S/C35H34Cl2FN3O4S/c36-31-20-15-26(21-32(31)37)23-40(33(22-25-9-3-1-4-10-25)35(43)39-28-11-7-8-12-28)34(42)24-41(29-13-5-2-6-14-29)46(44,45)30-18-16-27(38)17-19-30/h1-6,9-10,13-21,28,33H,7-8,11-12,22-24H2,(H,39,43). The number of para-hydroxylation sites is 1. The third-order valence-electron chi connectivity index (χ3n) is 8.03. The largest absolute Gasteiger partial charge is 0.352 e. The summed E-state index contributed by atoms with van der Waals surface area (Å²) in [5, 5.41) is 3.76. The molecule has 7 nitrogen and oxygen atoms in total. The van der Waals surface area contributed by atoms with Crippen molar-refractivity contribution in [1.29, 1.82) is 0 Å². The summed E-state index contributed by atoms with van der Waals surface area (Å²) in [5.41, 5.74) is 1.69. The highest BCUT2D eigenvalue weighted by Gasteiger charge is 2.35. The molecule has 0 spiro atoms. The molecule has 4 aromatic carbocycles. The SMILES string of the molecule is O=C(NC1CCCC1)C(Cc1ccccc1)N(Cc1ccc(Cl)c(Cl)c1)C(=O)CN(c1ccccc1)S(=O)(=O)c1ccc(F)cc1. The van der Waals surface area contributed by atoms with Crippen molar-refractivity contribution < 1.29 is 22.4 Å². The van der Waals surface area contributed by atoms with Gasteiger partial charge < -0.3 is 10.2 Å². The number of carbonyl (C=O) groups is 2. The van der Waals surface area contributed by atoms with E-state index >= 15 is 0 Å². The number of carbonyl (C=O) groups excluding carboxylic acids is 2. The molecule has 4 aromatic rings. The van der Waals surface area contributed by atoms with E-state index in [0.29, 0.717) is 10.6 Å². The van der Waals surface area contributed by atoms with Crippen LogP contribution >= 0.6 is 23.2 Å². The maximum atomic E-state index is 14.5. The highest BCUT2D eigenvalue weighted by molar-refractivity contribution is 7.92. The number of benzene rings is 4. The van der Waals surface area contributed by atoms with Gasteiger partial charge in [0.2, 0.25) is 11.8 Å². The Morgan fingerprint density at radius 1 is 0.826 bits per heavy atom. The molecular weight excluding hydrogens is 648 g/mol. The lowest BCUT2D eigenvalue weighted by molar-refractivity contribution is -0.140.